The average Bonchev–Trinajstić information content (AvgIpc) is 2.63. The Morgan fingerprint density at radius 1 is 1.04 bits per heavy atom. The maximum absolute atomic E-state index is 12.2. The number of hydrogen-bond acceptors (Lipinski definition) is 4. The lowest BCUT2D eigenvalue weighted by atomic mass is 10.1. The number of benzene rings is 2. The molecule has 4 rings (SSSR count). The first kappa shape index (κ1) is 15.8. The third kappa shape index (κ3) is 2.88. The summed E-state index contributed by atoms with van der Waals surface area (Å²) in [6, 6.07) is 16.2. The van der Waals surface area contributed by atoms with Gasteiger partial charge in [-0.15, -0.1) is 0 Å². The van der Waals surface area contributed by atoms with Gasteiger partial charge in [0.05, 0.1) is 5.39 Å². The van der Waals surface area contributed by atoms with Gasteiger partial charge in [0.2, 0.25) is 5.91 Å². The van der Waals surface area contributed by atoms with Crippen molar-refractivity contribution in [2.45, 2.75) is 6.92 Å². The number of H-pyrrole nitrogens is 1. The van der Waals surface area contributed by atoms with Crippen LogP contribution in [0.25, 0.3) is 21.8 Å². The SMILES string of the molecule is CC(=O)Nc1ccc(Oc2ccnc3[nH]c(=O)c4ccccc4c23)cc1. The Bertz CT molecular complexity index is 1180. The van der Waals surface area contributed by atoms with Crippen molar-refractivity contribution in [3.8, 4) is 11.5 Å². The Morgan fingerprint density at radius 2 is 1.77 bits per heavy atom. The summed E-state index contributed by atoms with van der Waals surface area (Å²) in [5.41, 5.74) is 0.984. The number of aromatic amines is 1. The number of hydrogen-bond donors (Lipinski definition) is 2. The standard InChI is InChI=1S/C20H15N3O3/c1-12(24)22-13-6-8-14(9-7-13)26-17-10-11-21-19-18(17)15-4-2-3-5-16(15)20(25)23-19/h2-11H,1H3,(H,22,24)(H,21,23,25). The molecule has 0 fully saturated rings. The molecule has 0 unspecified atom stereocenters. The lowest BCUT2D eigenvalue weighted by Crippen LogP contribution is -2.07. The Kier molecular flexibility index (Phi) is 3.85. The minimum atomic E-state index is -0.183. The number of pyridine rings is 2. The van der Waals surface area contributed by atoms with E-state index in [2.05, 4.69) is 15.3 Å². The molecule has 128 valence electrons. The fourth-order valence-corrected chi connectivity index (χ4v) is 2.89. The summed E-state index contributed by atoms with van der Waals surface area (Å²) in [4.78, 5) is 30.4. The zero-order valence-corrected chi connectivity index (χ0v) is 13.9. The largest absolute Gasteiger partial charge is 0.457 e. The molecule has 0 aliphatic heterocycles. The van der Waals surface area contributed by atoms with Gasteiger partial charge < -0.3 is 15.0 Å². The zero-order valence-electron chi connectivity index (χ0n) is 13.9. The number of rotatable bonds is 3. The van der Waals surface area contributed by atoms with Gasteiger partial charge >= 0.3 is 0 Å². The molecule has 2 heterocycles. The van der Waals surface area contributed by atoms with E-state index in [9.17, 15) is 9.59 Å². The number of carbonyl (C=O) groups is 1. The topological polar surface area (TPSA) is 84.1 Å². The van der Waals surface area contributed by atoms with Gasteiger partial charge in [-0.3, -0.25) is 9.59 Å². The number of carbonyl (C=O) groups excluding carboxylic acids is 1. The van der Waals surface area contributed by atoms with Gasteiger partial charge in [0.25, 0.3) is 5.56 Å². The van der Waals surface area contributed by atoms with Crippen LogP contribution >= 0.6 is 0 Å². The van der Waals surface area contributed by atoms with Crippen molar-refractivity contribution in [3.63, 3.8) is 0 Å². The number of amides is 1. The second-order valence-corrected chi connectivity index (χ2v) is 5.84. The smallest absolute Gasteiger partial charge is 0.257 e. The number of nitrogens with one attached hydrogen (secondary N) is 2. The van der Waals surface area contributed by atoms with Crippen LogP contribution in [0.5, 0.6) is 11.5 Å². The van der Waals surface area contributed by atoms with Crippen molar-refractivity contribution in [3.05, 3.63) is 71.1 Å². The van der Waals surface area contributed by atoms with E-state index in [1.807, 2.05) is 18.2 Å². The molecule has 0 bridgehead atoms. The Labute approximate surface area is 148 Å². The predicted octanol–water partition coefficient (Wildman–Crippen LogP) is 3.83. The number of fused-ring (bicyclic) bond motifs is 3. The molecule has 0 atom stereocenters. The number of nitrogens with zero attached hydrogens (tertiary/aromatic N) is 1. The molecular formula is C20H15N3O3. The van der Waals surface area contributed by atoms with Crippen molar-refractivity contribution in [2.75, 3.05) is 5.32 Å². The molecule has 4 aromatic rings. The summed E-state index contributed by atoms with van der Waals surface area (Å²) in [5.74, 6) is 1.07. The molecule has 0 aliphatic rings. The highest BCUT2D eigenvalue weighted by atomic mass is 16.5. The third-order valence-corrected chi connectivity index (χ3v) is 3.99. The molecule has 2 aromatic carbocycles. The fraction of sp³-hybridized carbons (Fsp3) is 0.0500. The van der Waals surface area contributed by atoms with Crippen molar-refractivity contribution in [2.24, 2.45) is 0 Å². The van der Waals surface area contributed by atoms with E-state index in [1.165, 1.54) is 6.92 Å². The molecule has 6 nitrogen and oxygen atoms in total. The van der Waals surface area contributed by atoms with Gasteiger partial charge in [0.1, 0.15) is 17.1 Å². The Morgan fingerprint density at radius 3 is 2.50 bits per heavy atom. The van der Waals surface area contributed by atoms with E-state index in [1.54, 1.807) is 42.6 Å². The highest BCUT2D eigenvalue weighted by molar-refractivity contribution is 6.07. The average molecular weight is 345 g/mol. The van der Waals surface area contributed by atoms with Gasteiger partial charge in [0.15, 0.2) is 0 Å². The maximum atomic E-state index is 12.2. The molecule has 0 saturated carbocycles. The second kappa shape index (κ2) is 6.33. The van der Waals surface area contributed by atoms with Crippen LogP contribution in [0, 0.1) is 0 Å². The first-order valence-corrected chi connectivity index (χ1v) is 8.07. The summed E-state index contributed by atoms with van der Waals surface area (Å²) < 4.78 is 6.02. The summed E-state index contributed by atoms with van der Waals surface area (Å²) >= 11 is 0. The highest BCUT2D eigenvalue weighted by Gasteiger charge is 2.11. The minimum absolute atomic E-state index is 0.130. The van der Waals surface area contributed by atoms with E-state index in [4.69, 9.17) is 4.74 Å². The van der Waals surface area contributed by atoms with Gasteiger partial charge in [-0.1, -0.05) is 18.2 Å². The van der Waals surface area contributed by atoms with E-state index in [0.717, 1.165) is 10.8 Å². The summed E-state index contributed by atoms with van der Waals surface area (Å²) in [5, 5.41) is 4.82. The third-order valence-electron chi connectivity index (χ3n) is 3.99. The van der Waals surface area contributed by atoms with Gasteiger partial charge in [-0.2, -0.15) is 0 Å². The normalized spacial score (nSPS) is 10.8. The van der Waals surface area contributed by atoms with Crippen LogP contribution in [0.2, 0.25) is 0 Å². The molecular weight excluding hydrogens is 330 g/mol. The van der Waals surface area contributed by atoms with E-state index >= 15 is 0 Å². The van der Waals surface area contributed by atoms with Crippen molar-refractivity contribution in [1.29, 1.82) is 0 Å². The molecule has 2 aromatic heterocycles. The van der Waals surface area contributed by atoms with Gasteiger partial charge in [-0.05, 0) is 36.4 Å². The van der Waals surface area contributed by atoms with E-state index in [-0.39, 0.29) is 11.5 Å². The Balaban J connectivity index is 1.81. The number of ether oxygens (including phenoxy) is 1. The molecule has 2 N–H and O–H groups in total. The van der Waals surface area contributed by atoms with Gasteiger partial charge in [-0.25, -0.2) is 4.98 Å². The van der Waals surface area contributed by atoms with Crippen LogP contribution in [-0.4, -0.2) is 15.9 Å². The van der Waals surface area contributed by atoms with Gasteiger partial charge in [0, 0.05) is 29.6 Å². The summed E-state index contributed by atoms with van der Waals surface area (Å²) in [6.45, 7) is 1.46. The summed E-state index contributed by atoms with van der Waals surface area (Å²) in [6.07, 6.45) is 1.59. The number of anilines is 1. The second-order valence-electron chi connectivity index (χ2n) is 5.84. The van der Waals surface area contributed by atoms with Crippen molar-refractivity contribution >= 4 is 33.4 Å². The van der Waals surface area contributed by atoms with Crippen LogP contribution in [0.3, 0.4) is 0 Å². The fourth-order valence-electron chi connectivity index (χ4n) is 2.89. The lowest BCUT2D eigenvalue weighted by molar-refractivity contribution is -0.114. The van der Waals surface area contributed by atoms with E-state index in [0.29, 0.717) is 28.2 Å². The number of aromatic nitrogens is 2. The molecule has 6 heteroatoms. The molecule has 0 aliphatic carbocycles. The van der Waals surface area contributed by atoms with Crippen LogP contribution in [0.4, 0.5) is 5.69 Å². The van der Waals surface area contributed by atoms with Crippen molar-refractivity contribution in [1.82, 2.24) is 9.97 Å². The first-order chi connectivity index (χ1) is 12.6. The van der Waals surface area contributed by atoms with Crippen LogP contribution in [0.1, 0.15) is 6.92 Å². The molecule has 0 radical (unpaired) electrons. The van der Waals surface area contributed by atoms with Crippen LogP contribution in [0.15, 0.2) is 65.6 Å². The van der Waals surface area contributed by atoms with Crippen LogP contribution in [-0.2, 0) is 4.79 Å². The zero-order chi connectivity index (χ0) is 18.1. The minimum Gasteiger partial charge on any atom is -0.457 e. The lowest BCUT2D eigenvalue weighted by Gasteiger charge is -2.11. The van der Waals surface area contributed by atoms with Crippen molar-refractivity contribution < 1.29 is 9.53 Å². The van der Waals surface area contributed by atoms with Crippen LogP contribution < -0.4 is 15.6 Å². The monoisotopic (exact) mass is 345 g/mol. The first-order valence-electron chi connectivity index (χ1n) is 8.07. The summed E-state index contributed by atoms with van der Waals surface area (Å²) in [7, 11) is 0. The Hall–Kier alpha value is -3.67. The molecule has 0 spiro atoms. The highest BCUT2D eigenvalue weighted by Crippen LogP contribution is 2.32. The molecule has 0 saturated heterocycles. The molecule has 26 heavy (non-hydrogen) atoms. The quantitative estimate of drug-likeness (QED) is 0.553. The predicted molar refractivity (Wildman–Crippen MR) is 101 cm³/mol. The van der Waals surface area contributed by atoms with E-state index < -0.39 is 0 Å². The molecule has 1 amide bonds. The maximum Gasteiger partial charge on any atom is 0.257 e.